The molecule has 0 saturated heterocycles. The smallest absolute Gasteiger partial charge is 0.123 e. The van der Waals surface area contributed by atoms with Crippen LogP contribution in [0.15, 0.2) is 0 Å². The van der Waals surface area contributed by atoms with Crippen molar-refractivity contribution in [1.82, 2.24) is 0 Å². The minimum absolute atomic E-state index is 0.121. The second-order valence-corrected chi connectivity index (χ2v) is 7.46. The van der Waals surface area contributed by atoms with E-state index in [9.17, 15) is 13.6 Å². The fraction of sp³-hybridized carbons (Fsp3) is 0.941. The molecule has 3 aliphatic rings. The molecule has 3 heteroatoms. The Bertz CT molecular complexity index is 336. The molecule has 3 fully saturated rings. The molecule has 0 N–H and O–H groups in total. The Kier molecular flexibility index (Phi) is 4.42. The summed E-state index contributed by atoms with van der Waals surface area (Å²) in [5, 5.41) is 0. The summed E-state index contributed by atoms with van der Waals surface area (Å²) >= 11 is 0. The Balaban J connectivity index is 1.57. The van der Waals surface area contributed by atoms with Gasteiger partial charge < -0.3 is 4.79 Å². The number of hydrogen-bond acceptors (Lipinski definition) is 1. The standard InChI is InChI=1S/C17H26F2O/c18-16-7-15(8-17(19)9-16)14-4-3-12-5-11(10-20)1-2-13(12)6-14/h10-17H,1-9H2. The van der Waals surface area contributed by atoms with Gasteiger partial charge in [0.25, 0.3) is 0 Å². The van der Waals surface area contributed by atoms with Crippen molar-refractivity contribution in [3.05, 3.63) is 0 Å². The third-order valence-electron chi connectivity index (χ3n) is 6.18. The van der Waals surface area contributed by atoms with Gasteiger partial charge in [0, 0.05) is 12.3 Å². The molecule has 0 aromatic carbocycles. The van der Waals surface area contributed by atoms with Gasteiger partial charge in [-0.15, -0.1) is 0 Å². The fourth-order valence-corrected chi connectivity index (χ4v) is 5.12. The maximum absolute atomic E-state index is 13.6. The van der Waals surface area contributed by atoms with Crippen LogP contribution >= 0.6 is 0 Å². The van der Waals surface area contributed by atoms with Crippen molar-refractivity contribution in [1.29, 1.82) is 0 Å². The maximum atomic E-state index is 13.6. The number of rotatable bonds is 2. The second-order valence-electron chi connectivity index (χ2n) is 7.46. The first-order chi connectivity index (χ1) is 9.65. The van der Waals surface area contributed by atoms with Gasteiger partial charge in [-0.2, -0.15) is 0 Å². The number of hydrogen-bond donors (Lipinski definition) is 0. The van der Waals surface area contributed by atoms with E-state index in [-0.39, 0.29) is 18.3 Å². The number of alkyl halides is 2. The molecule has 0 spiro atoms. The molecule has 0 amide bonds. The van der Waals surface area contributed by atoms with E-state index in [2.05, 4.69) is 0 Å². The molecule has 114 valence electrons. The van der Waals surface area contributed by atoms with E-state index in [1.807, 2.05) is 0 Å². The molecule has 6 atom stereocenters. The van der Waals surface area contributed by atoms with Crippen molar-refractivity contribution in [2.45, 2.75) is 70.1 Å². The van der Waals surface area contributed by atoms with E-state index in [1.165, 1.54) is 6.42 Å². The van der Waals surface area contributed by atoms with Gasteiger partial charge in [-0.1, -0.05) is 0 Å². The Morgan fingerprint density at radius 3 is 1.85 bits per heavy atom. The highest BCUT2D eigenvalue weighted by atomic mass is 19.1. The molecule has 0 bridgehead atoms. The van der Waals surface area contributed by atoms with Gasteiger partial charge in [0.1, 0.15) is 18.6 Å². The molecule has 0 heterocycles. The SMILES string of the molecule is O=CC1CCC2CC(C3CC(F)CC(F)C3)CCC2C1. The van der Waals surface area contributed by atoms with Gasteiger partial charge in [0.15, 0.2) is 0 Å². The first-order valence-corrected chi connectivity index (χ1v) is 8.39. The number of carbonyl (C=O) groups excluding carboxylic acids is 1. The molecule has 0 aliphatic heterocycles. The van der Waals surface area contributed by atoms with Crippen molar-refractivity contribution in [3.8, 4) is 0 Å². The highest BCUT2D eigenvalue weighted by molar-refractivity contribution is 5.53. The van der Waals surface area contributed by atoms with Crippen molar-refractivity contribution < 1.29 is 13.6 Å². The molecule has 3 rings (SSSR count). The molecule has 1 nitrogen and oxygen atoms in total. The zero-order chi connectivity index (χ0) is 14.1. The van der Waals surface area contributed by atoms with Gasteiger partial charge in [-0.05, 0) is 75.0 Å². The van der Waals surface area contributed by atoms with Crippen LogP contribution in [-0.4, -0.2) is 18.6 Å². The molecule has 3 saturated carbocycles. The van der Waals surface area contributed by atoms with E-state index in [4.69, 9.17) is 0 Å². The van der Waals surface area contributed by atoms with Crippen LogP contribution in [0.25, 0.3) is 0 Å². The predicted octanol–water partition coefficient (Wildman–Crippen LogP) is 4.49. The minimum atomic E-state index is -0.924. The molecule has 0 aromatic rings. The van der Waals surface area contributed by atoms with Crippen LogP contribution in [0.5, 0.6) is 0 Å². The van der Waals surface area contributed by atoms with Crippen molar-refractivity contribution in [2.75, 3.05) is 0 Å². The number of carbonyl (C=O) groups is 1. The second kappa shape index (κ2) is 6.11. The maximum Gasteiger partial charge on any atom is 0.123 e. The Morgan fingerprint density at radius 1 is 0.650 bits per heavy atom. The minimum Gasteiger partial charge on any atom is -0.303 e. The lowest BCUT2D eigenvalue weighted by Gasteiger charge is -2.44. The zero-order valence-electron chi connectivity index (χ0n) is 12.1. The summed E-state index contributed by atoms with van der Waals surface area (Å²) in [4.78, 5) is 10.9. The van der Waals surface area contributed by atoms with E-state index in [0.29, 0.717) is 30.6 Å². The van der Waals surface area contributed by atoms with Crippen LogP contribution in [0.2, 0.25) is 0 Å². The van der Waals surface area contributed by atoms with Gasteiger partial charge in [-0.3, -0.25) is 0 Å². The lowest BCUT2D eigenvalue weighted by Crippen LogP contribution is -2.37. The van der Waals surface area contributed by atoms with Gasteiger partial charge in [-0.25, -0.2) is 8.78 Å². The van der Waals surface area contributed by atoms with Crippen LogP contribution in [-0.2, 0) is 4.79 Å². The molecule has 20 heavy (non-hydrogen) atoms. The Hall–Kier alpha value is -0.470. The molecule has 3 aliphatic carbocycles. The predicted molar refractivity (Wildman–Crippen MR) is 74.9 cm³/mol. The van der Waals surface area contributed by atoms with Gasteiger partial charge in [0.05, 0.1) is 0 Å². The number of halogens is 2. The Labute approximate surface area is 120 Å². The van der Waals surface area contributed by atoms with Crippen molar-refractivity contribution in [3.63, 3.8) is 0 Å². The average Bonchev–Trinajstić information content (AvgIpc) is 2.45. The van der Waals surface area contributed by atoms with Crippen LogP contribution < -0.4 is 0 Å². The topological polar surface area (TPSA) is 17.1 Å². The third kappa shape index (κ3) is 3.07. The van der Waals surface area contributed by atoms with Crippen LogP contribution in [0.1, 0.15) is 57.8 Å². The summed E-state index contributed by atoms with van der Waals surface area (Å²) < 4.78 is 27.2. The lowest BCUT2D eigenvalue weighted by atomic mass is 9.61. The van der Waals surface area contributed by atoms with Crippen molar-refractivity contribution >= 4 is 6.29 Å². The molecule has 6 unspecified atom stereocenters. The summed E-state index contributed by atoms with van der Waals surface area (Å²) in [6.45, 7) is 0. The highest BCUT2D eigenvalue weighted by Gasteiger charge is 2.40. The summed E-state index contributed by atoms with van der Waals surface area (Å²) in [6, 6.07) is 0. The van der Waals surface area contributed by atoms with Gasteiger partial charge in [0.2, 0.25) is 0 Å². The highest BCUT2D eigenvalue weighted by Crippen LogP contribution is 2.48. The summed E-state index contributed by atoms with van der Waals surface area (Å²) in [7, 11) is 0. The average molecular weight is 284 g/mol. The summed E-state index contributed by atoms with van der Waals surface area (Å²) in [5.41, 5.74) is 0. The third-order valence-corrected chi connectivity index (χ3v) is 6.18. The van der Waals surface area contributed by atoms with E-state index < -0.39 is 12.3 Å². The first-order valence-electron chi connectivity index (χ1n) is 8.39. The summed E-state index contributed by atoms with van der Waals surface area (Å²) in [5.74, 6) is 2.47. The van der Waals surface area contributed by atoms with Crippen LogP contribution in [0.3, 0.4) is 0 Å². The van der Waals surface area contributed by atoms with E-state index in [1.54, 1.807) is 0 Å². The fourth-order valence-electron chi connectivity index (χ4n) is 5.12. The van der Waals surface area contributed by atoms with E-state index >= 15 is 0 Å². The molecular formula is C17H26F2O. The zero-order valence-corrected chi connectivity index (χ0v) is 12.1. The lowest BCUT2D eigenvalue weighted by molar-refractivity contribution is -0.113. The van der Waals surface area contributed by atoms with Crippen LogP contribution in [0.4, 0.5) is 8.78 Å². The first kappa shape index (κ1) is 14.5. The van der Waals surface area contributed by atoms with Crippen LogP contribution in [0, 0.1) is 29.6 Å². The molecular weight excluding hydrogens is 258 g/mol. The monoisotopic (exact) mass is 284 g/mol. The normalized spacial score (nSPS) is 49.4. The molecule has 0 radical (unpaired) electrons. The largest absolute Gasteiger partial charge is 0.303 e. The molecule has 0 aromatic heterocycles. The number of aldehydes is 1. The van der Waals surface area contributed by atoms with Crippen molar-refractivity contribution in [2.24, 2.45) is 29.6 Å². The Morgan fingerprint density at radius 2 is 1.20 bits per heavy atom. The van der Waals surface area contributed by atoms with E-state index in [0.717, 1.165) is 38.4 Å². The quantitative estimate of drug-likeness (QED) is 0.683. The summed E-state index contributed by atoms with van der Waals surface area (Å²) in [6.07, 6.45) is 7.25. The number of fused-ring (bicyclic) bond motifs is 1. The van der Waals surface area contributed by atoms with Gasteiger partial charge >= 0.3 is 0 Å².